The Hall–Kier alpha value is -3.68. The van der Waals surface area contributed by atoms with Crippen LogP contribution in [0.2, 0.25) is 0 Å². The molecule has 4 aromatic rings. The van der Waals surface area contributed by atoms with Gasteiger partial charge in [-0.3, -0.25) is 4.79 Å². The largest absolute Gasteiger partial charge is 0.433 e. The molecule has 2 heterocycles. The van der Waals surface area contributed by atoms with E-state index >= 15 is 0 Å². The van der Waals surface area contributed by atoms with E-state index < -0.39 is 17.8 Å². The summed E-state index contributed by atoms with van der Waals surface area (Å²) in [5.74, 6) is -0.546. The van der Waals surface area contributed by atoms with Gasteiger partial charge in [-0.15, -0.1) is 0 Å². The van der Waals surface area contributed by atoms with Crippen LogP contribution in [-0.4, -0.2) is 20.5 Å². The summed E-state index contributed by atoms with van der Waals surface area (Å²) < 4.78 is 41.7. The van der Waals surface area contributed by atoms with Crippen molar-refractivity contribution in [3.63, 3.8) is 0 Å². The molecule has 0 aliphatic rings. The summed E-state index contributed by atoms with van der Waals surface area (Å²) in [6.07, 6.45) is -3.55. The lowest BCUT2D eigenvalue weighted by atomic mass is 10.1. The van der Waals surface area contributed by atoms with Gasteiger partial charge in [0.15, 0.2) is 11.3 Å². The van der Waals surface area contributed by atoms with Crippen molar-refractivity contribution in [3.8, 4) is 11.3 Å². The molecule has 152 valence electrons. The van der Waals surface area contributed by atoms with Crippen LogP contribution in [0.1, 0.15) is 27.2 Å². The van der Waals surface area contributed by atoms with E-state index in [9.17, 15) is 18.0 Å². The first kappa shape index (κ1) is 19.6. The number of amides is 1. The Morgan fingerprint density at radius 2 is 1.77 bits per heavy atom. The van der Waals surface area contributed by atoms with Gasteiger partial charge < -0.3 is 5.32 Å². The molecule has 0 aliphatic carbocycles. The molecule has 5 nitrogen and oxygen atoms in total. The zero-order valence-electron chi connectivity index (χ0n) is 15.9. The number of hydrogen-bond donors (Lipinski definition) is 1. The van der Waals surface area contributed by atoms with Gasteiger partial charge in [-0.2, -0.15) is 18.3 Å². The summed E-state index contributed by atoms with van der Waals surface area (Å²) in [4.78, 5) is 17.0. The number of carbonyl (C=O) groups excluding carboxylic acids is 1. The van der Waals surface area contributed by atoms with E-state index in [1.807, 2.05) is 37.3 Å². The maximum atomic E-state index is 13.7. The van der Waals surface area contributed by atoms with Gasteiger partial charge in [-0.05, 0) is 18.6 Å². The number of alkyl halides is 3. The second-order valence-electron chi connectivity index (χ2n) is 6.85. The minimum absolute atomic E-state index is 0.0228. The van der Waals surface area contributed by atoms with Crippen molar-refractivity contribution in [1.29, 1.82) is 0 Å². The Morgan fingerprint density at radius 3 is 2.43 bits per heavy atom. The molecule has 30 heavy (non-hydrogen) atoms. The van der Waals surface area contributed by atoms with Crippen LogP contribution in [0.3, 0.4) is 0 Å². The first-order chi connectivity index (χ1) is 14.3. The molecule has 0 radical (unpaired) electrons. The highest BCUT2D eigenvalue weighted by atomic mass is 19.4. The van der Waals surface area contributed by atoms with E-state index in [1.54, 1.807) is 24.3 Å². The molecule has 0 saturated carbocycles. The Bertz CT molecular complexity index is 1200. The molecule has 1 N–H and O–H groups in total. The zero-order chi connectivity index (χ0) is 21.3. The average Bonchev–Trinajstić information content (AvgIpc) is 3.16. The Labute approximate surface area is 170 Å². The molecule has 0 bridgehead atoms. The number of hydrogen-bond acceptors (Lipinski definition) is 3. The van der Waals surface area contributed by atoms with Crippen LogP contribution in [0.5, 0.6) is 0 Å². The monoisotopic (exact) mass is 410 g/mol. The van der Waals surface area contributed by atoms with E-state index in [0.29, 0.717) is 10.1 Å². The van der Waals surface area contributed by atoms with Crippen molar-refractivity contribution in [2.75, 3.05) is 0 Å². The predicted molar refractivity (Wildman–Crippen MR) is 106 cm³/mol. The molecule has 0 unspecified atom stereocenters. The van der Waals surface area contributed by atoms with Crippen LogP contribution in [0, 0.1) is 6.92 Å². The van der Waals surface area contributed by atoms with Crippen molar-refractivity contribution in [1.82, 2.24) is 19.9 Å². The third-order valence-corrected chi connectivity index (χ3v) is 4.65. The van der Waals surface area contributed by atoms with Crippen molar-refractivity contribution >= 4 is 11.6 Å². The van der Waals surface area contributed by atoms with Gasteiger partial charge in [0, 0.05) is 12.1 Å². The van der Waals surface area contributed by atoms with Gasteiger partial charge in [0.25, 0.3) is 5.91 Å². The van der Waals surface area contributed by atoms with Crippen LogP contribution in [0.4, 0.5) is 13.2 Å². The number of nitrogens with zero attached hydrogens (tertiary/aromatic N) is 3. The lowest BCUT2D eigenvalue weighted by Gasteiger charge is -2.12. The first-order valence-corrected chi connectivity index (χ1v) is 9.18. The quantitative estimate of drug-likeness (QED) is 0.533. The van der Waals surface area contributed by atoms with Gasteiger partial charge in [-0.25, -0.2) is 9.50 Å². The van der Waals surface area contributed by atoms with E-state index in [-0.39, 0.29) is 23.4 Å². The molecule has 0 saturated heterocycles. The van der Waals surface area contributed by atoms with Crippen molar-refractivity contribution in [2.24, 2.45) is 0 Å². The van der Waals surface area contributed by atoms with E-state index in [2.05, 4.69) is 15.4 Å². The van der Waals surface area contributed by atoms with Crippen LogP contribution in [0.15, 0.2) is 66.9 Å². The molecular formula is C22H17F3N4O. The third-order valence-electron chi connectivity index (χ3n) is 4.65. The lowest BCUT2D eigenvalue weighted by molar-refractivity contribution is -0.142. The number of aryl methyl sites for hydroxylation is 1. The van der Waals surface area contributed by atoms with Gasteiger partial charge in [0.1, 0.15) is 5.56 Å². The van der Waals surface area contributed by atoms with Crippen molar-refractivity contribution in [2.45, 2.75) is 19.6 Å². The highest BCUT2D eigenvalue weighted by Gasteiger charge is 2.36. The van der Waals surface area contributed by atoms with E-state index in [4.69, 9.17) is 0 Å². The fraction of sp³-hybridized carbons (Fsp3) is 0.136. The molecule has 2 aromatic carbocycles. The van der Waals surface area contributed by atoms with Crippen LogP contribution >= 0.6 is 0 Å². The highest BCUT2D eigenvalue weighted by Crippen LogP contribution is 2.32. The number of rotatable bonds is 4. The highest BCUT2D eigenvalue weighted by molar-refractivity contribution is 5.99. The molecule has 0 aliphatic heterocycles. The smallest absolute Gasteiger partial charge is 0.348 e. The normalized spacial score (nSPS) is 11.6. The fourth-order valence-electron chi connectivity index (χ4n) is 3.07. The number of nitrogens with one attached hydrogen (secondary N) is 1. The second-order valence-corrected chi connectivity index (χ2v) is 6.85. The number of carbonyl (C=O) groups is 1. The summed E-state index contributed by atoms with van der Waals surface area (Å²) >= 11 is 0. The van der Waals surface area contributed by atoms with Gasteiger partial charge in [0.2, 0.25) is 0 Å². The Balaban J connectivity index is 1.76. The SMILES string of the molecule is Cc1ccc(-c2cc(C(F)(F)F)n3ncc(C(=O)NCc4ccccc4)c3n2)cc1. The number of fused-ring (bicyclic) bond motifs is 1. The average molecular weight is 410 g/mol. The summed E-state index contributed by atoms with van der Waals surface area (Å²) in [5.41, 5.74) is 1.31. The summed E-state index contributed by atoms with van der Waals surface area (Å²) in [6, 6.07) is 17.1. The van der Waals surface area contributed by atoms with E-state index in [0.717, 1.165) is 23.4 Å². The lowest BCUT2D eigenvalue weighted by Crippen LogP contribution is -2.23. The molecule has 0 fully saturated rings. The molecule has 0 spiro atoms. The molecule has 0 atom stereocenters. The third kappa shape index (κ3) is 3.89. The second kappa shape index (κ2) is 7.62. The van der Waals surface area contributed by atoms with Crippen LogP contribution in [-0.2, 0) is 12.7 Å². The Morgan fingerprint density at radius 1 is 1.07 bits per heavy atom. The topological polar surface area (TPSA) is 59.3 Å². The molecule has 1 amide bonds. The first-order valence-electron chi connectivity index (χ1n) is 9.18. The molecular weight excluding hydrogens is 393 g/mol. The van der Waals surface area contributed by atoms with Crippen LogP contribution < -0.4 is 5.32 Å². The minimum atomic E-state index is -4.66. The standard InChI is InChI=1S/C22H17F3N4O/c1-14-7-9-16(10-8-14)18-11-19(22(23,24)25)29-20(28-18)17(13-27-29)21(30)26-12-15-5-3-2-4-6-15/h2-11,13H,12H2,1H3,(H,26,30). The molecule has 2 aromatic heterocycles. The maximum Gasteiger partial charge on any atom is 0.433 e. The van der Waals surface area contributed by atoms with E-state index in [1.165, 1.54) is 0 Å². The molecule has 4 rings (SSSR count). The van der Waals surface area contributed by atoms with Gasteiger partial charge in [0.05, 0.1) is 11.9 Å². The fourth-order valence-corrected chi connectivity index (χ4v) is 3.07. The maximum absolute atomic E-state index is 13.7. The number of benzene rings is 2. The van der Waals surface area contributed by atoms with Gasteiger partial charge >= 0.3 is 6.18 Å². The zero-order valence-corrected chi connectivity index (χ0v) is 15.9. The van der Waals surface area contributed by atoms with Crippen molar-refractivity contribution < 1.29 is 18.0 Å². The Kier molecular flexibility index (Phi) is 4.99. The number of halogens is 3. The van der Waals surface area contributed by atoms with Crippen LogP contribution in [0.25, 0.3) is 16.9 Å². The minimum Gasteiger partial charge on any atom is -0.348 e. The summed E-state index contributed by atoms with van der Waals surface area (Å²) in [5, 5.41) is 6.49. The summed E-state index contributed by atoms with van der Waals surface area (Å²) in [7, 11) is 0. The summed E-state index contributed by atoms with van der Waals surface area (Å²) in [6.45, 7) is 2.12. The molecule has 8 heteroatoms. The number of aromatic nitrogens is 3. The van der Waals surface area contributed by atoms with Crippen molar-refractivity contribution in [3.05, 3.63) is 89.2 Å². The van der Waals surface area contributed by atoms with Gasteiger partial charge in [-0.1, -0.05) is 60.2 Å². The predicted octanol–water partition coefficient (Wildman–Crippen LogP) is 4.65.